The molecule has 0 rings (SSSR count). The molecule has 0 aromatic heterocycles. The fourth-order valence-electron chi connectivity index (χ4n) is 2.23. The first-order valence-corrected chi connectivity index (χ1v) is 8.42. The van der Waals surface area contributed by atoms with Gasteiger partial charge in [0.1, 0.15) is 0 Å². The molecule has 0 radical (unpaired) electrons. The Morgan fingerprint density at radius 2 is 1.31 bits per heavy atom. The summed E-state index contributed by atoms with van der Waals surface area (Å²) in [6.45, 7) is 7.13. The van der Waals surface area contributed by atoms with Crippen LogP contribution in [0.2, 0.25) is 0 Å². The summed E-state index contributed by atoms with van der Waals surface area (Å²) in [5.41, 5.74) is 5.36. The van der Waals surface area contributed by atoms with Crippen LogP contribution in [0.15, 0.2) is 0 Å². The molecule has 80 valence electrons. The number of carbonyl (C=O) groups excluding carboxylic acids is 1. The molecule has 0 aromatic carbocycles. The fourth-order valence-corrected chi connectivity index (χ4v) is 6.69. The third kappa shape index (κ3) is 2.43. The molecule has 0 aromatic rings. The van der Waals surface area contributed by atoms with Gasteiger partial charge in [-0.25, -0.2) is 0 Å². The molecule has 0 aliphatic heterocycles. The monoisotopic (exact) mass is 205 g/mol. The van der Waals surface area contributed by atoms with Gasteiger partial charge in [0.25, 0.3) is 0 Å². The van der Waals surface area contributed by atoms with Gasteiger partial charge in [0, 0.05) is 0 Å². The zero-order valence-corrected chi connectivity index (χ0v) is 10.4. The van der Waals surface area contributed by atoms with Crippen LogP contribution >= 0.6 is 6.60 Å². The number of primary amides is 1. The Bertz CT molecular complexity index is 164. The first-order valence-electron chi connectivity index (χ1n) is 5.26. The second-order valence-corrected chi connectivity index (χ2v) is 11.4. The van der Waals surface area contributed by atoms with E-state index >= 15 is 0 Å². The van der Waals surface area contributed by atoms with Crippen molar-refractivity contribution < 1.29 is 4.79 Å². The van der Waals surface area contributed by atoms with Crippen molar-refractivity contribution in [2.24, 2.45) is 5.73 Å². The summed E-state index contributed by atoms with van der Waals surface area (Å²) in [5.74, 6) is -0.106. The molecule has 0 aliphatic carbocycles. The van der Waals surface area contributed by atoms with E-state index in [2.05, 4.69) is 27.7 Å². The molecule has 2 nitrogen and oxygen atoms in total. The van der Waals surface area contributed by atoms with E-state index in [0.717, 1.165) is 24.6 Å². The molecule has 1 amide bonds. The van der Waals surface area contributed by atoms with Crippen molar-refractivity contribution in [1.29, 1.82) is 0 Å². The predicted octanol–water partition coefficient (Wildman–Crippen LogP) is 2.10. The van der Waals surface area contributed by atoms with Crippen molar-refractivity contribution in [2.45, 2.75) is 27.7 Å². The third-order valence-electron chi connectivity index (χ3n) is 4.18. The molecule has 0 saturated carbocycles. The second kappa shape index (κ2) is 4.41. The molecule has 0 bridgehead atoms. The fraction of sp³-hybridized carbons (Fsp3) is 0.900. The van der Waals surface area contributed by atoms with Crippen LogP contribution in [0.1, 0.15) is 27.7 Å². The van der Waals surface area contributed by atoms with E-state index < -0.39 is 6.60 Å². The molecular weight excluding hydrogens is 181 g/mol. The van der Waals surface area contributed by atoms with E-state index in [-0.39, 0.29) is 5.91 Å². The average Bonchev–Trinajstić information content (AvgIpc) is 2.15. The Morgan fingerprint density at radius 1 is 1.00 bits per heavy atom. The molecule has 0 spiro atoms. The van der Waals surface area contributed by atoms with Gasteiger partial charge in [-0.3, -0.25) is 0 Å². The summed E-state index contributed by atoms with van der Waals surface area (Å²) in [7, 11) is 0. The quantitative estimate of drug-likeness (QED) is 0.663. The molecular formula is C10H24NOP. The number of hydrogen-bond donors (Lipinski definition) is 1. The van der Waals surface area contributed by atoms with Gasteiger partial charge in [-0.15, -0.1) is 0 Å². The predicted molar refractivity (Wildman–Crippen MR) is 63.1 cm³/mol. The minimum atomic E-state index is -1.75. The van der Waals surface area contributed by atoms with Gasteiger partial charge in [0.05, 0.1) is 0 Å². The van der Waals surface area contributed by atoms with Crippen molar-refractivity contribution in [3.63, 3.8) is 0 Å². The van der Waals surface area contributed by atoms with Crippen LogP contribution in [0.25, 0.3) is 0 Å². The minimum absolute atomic E-state index is 0.106. The van der Waals surface area contributed by atoms with Gasteiger partial charge >= 0.3 is 81.5 Å². The van der Waals surface area contributed by atoms with Gasteiger partial charge in [0.15, 0.2) is 0 Å². The molecule has 0 atom stereocenters. The van der Waals surface area contributed by atoms with Gasteiger partial charge in [-0.1, -0.05) is 0 Å². The van der Waals surface area contributed by atoms with Gasteiger partial charge < -0.3 is 0 Å². The summed E-state index contributed by atoms with van der Waals surface area (Å²) in [4.78, 5) is 11.1. The van der Waals surface area contributed by atoms with Crippen molar-refractivity contribution in [3.8, 4) is 0 Å². The van der Waals surface area contributed by atoms with Gasteiger partial charge in [-0.05, 0) is 0 Å². The molecule has 3 heteroatoms. The van der Waals surface area contributed by atoms with Crippen LogP contribution in [0.5, 0.6) is 0 Å². The summed E-state index contributed by atoms with van der Waals surface area (Å²) >= 11 is 0. The Kier molecular flexibility index (Phi) is 4.38. The zero-order chi connectivity index (χ0) is 10.6. The maximum atomic E-state index is 11.1. The zero-order valence-electron chi connectivity index (χ0n) is 9.47. The standard InChI is InChI=1S/C10H24NOP/c1-5-13(6-2,7-3,8-4)9-10(11)12/h5-9H2,1-4H3,(H2,11,12). The Morgan fingerprint density at radius 3 is 1.38 bits per heavy atom. The number of hydrogen-bond acceptors (Lipinski definition) is 1. The summed E-state index contributed by atoms with van der Waals surface area (Å²) in [5, 5.41) is 0. The molecule has 0 heterocycles. The second-order valence-electron chi connectivity index (χ2n) is 4.13. The van der Waals surface area contributed by atoms with Crippen molar-refractivity contribution >= 4 is 12.5 Å². The van der Waals surface area contributed by atoms with Crippen LogP contribution in [0.3, 0.4) is 0 Å². The number of nitrogens with two attached hydrogens (primary N) is 1. The maximum absolute atomic E-state index is 11.1. The molecule has 0 fully saturated rings. The summed E-state index contributed by atoms with van der Waals surface area (Å²) in [6, 6.07) is 0. The molecule has 2 N–H and O–H groups in total. The van der Waals surface area contributed by atoms with Crippen molar-refractivity contribution in [2.75, 3.05) is 30.8 Å². The van der Waals surface area contributed by atoms with Gasteiger partial charge in [-0.2, -0.15) is 0 Å². The normalized spacial score (nSPS) is 14.9. The van der Waals surface area contributed by atoms with Crippen LogP contribution < -0.4 is 5.73 Å². The Hall–Kier alpha value is -0.100. The van der Waals surface area contributed by atoms with E-state index in [4.69, 9.17) is 5.73 Å². The first-order chi connectivity index (χ1) is 5.97. The van der Waals surface area contributed by atoms with Crippen LogP contribution in [0.4, 0.5) is 0 Å². The van der Waals surface area contributed by atoms with E-state index in [0.29, 0.717) is 6.16 Å². The summed E-state index contributed by atoms with van der Waals surface area (Å²) in [6.07, 6.45) is 5.32. The Labute approximate surface area is 82.2 Å². The van der Waals surface area contributed by atoms with E-state index in [1.807, 2.05) is 0 Å². The van der Waals surface area contributed by atoms with Crippen molar-refractivity contribution in [3.05, 3.63) is 0 Å². The van der Waals surface area contributed by atoms with Crippen LogP contribution in [0, 0.1) is 0 Å². The molecule has 0 saturated heterocycles. The topological polar surface area (TPSA) is 43.1 Å². The van der Waals surface area contributed by atoms with Crippen LogP contribution in [-0.4, -0.2) is 36.7 Å². The van der Waals surface area contributed by atoms with Crippen LogP contribution in [-0.2, 0) is 4.79 Å². The average molecular weight is 205 g/mol. The molecule has 13 heavy (non-hydrogen) atoms. The van der Waals surface area contributed by atoms with Gasteiger partial charge in [0.2, 0.25) is 0 Å². The van der Waals surface area contributed by atoms with Crippen molar-refractivity contribution in [1.82, 2.24) is 0 Å². The third-order valence-corrected chi connectivity index (χ3v) is 12.5. The molecule has 0 aliphatic rings. The van der Waals surface area contributed by atoms with E-state index in [1.54, 1.807) is 0 Å². The summed E-state index contributed by atoms with van der Waals surface area (Å²) < 4.78 is 0. The number of carbonyl (C=O) groups is 1. The first kappa shape index (κ1) is 12.9. The van der Waals surface area contributed by atoms with E-state index in [1.165, 1.54) is 0 Å². The number of amides is 1. The van der Waals surface area contributed by atoms with E-state index in [9.17, 15) is 4.79 Å². The molecule has 0 unspecified atom stereocenters. The Balaban J connectivity index is 4.94. The number of rotatable bonds is 6. The SMILES string of the molecule is CCP(CC)(CC)(CC)CC(N)=O.